The number of nitro groups is 1. The number of methoxy groups -OCH3 is 2. The Morgan fingerprint density at radius 2 is 1.84 bits per heavy atom. The molecule has 0 N–H and O–H groups in total. The maximum absolute atomic E-state index is 14.2. The van der Waals surface area contributed by atoms with E-state index >= 15 is 0 Å². The highest BCUT2D eigenvalue weighted by Gasteiger charge is 2.32. The number of hydrogen-bond acceptors (Lipinski definition) is 8. The van der Waals surface area contributed by atoms with Crippen LogP contribution in [0.5, 0.6) is 5.75 Å². The predicted octanol–water partition coefficient (Wildman–Crippen LogP) is 2.92. The SMILES string of the molecule is CCCS(=O)(=O)N(C(=O)c1ccc(C(=O)OC)c([N+](=O)[O-])c1)c1ccc(OC)c(F)c1. The van der Waals surface area contributed by atoms with Crippen molar-refractivity contribution >= 4 is 33.3 Å². The summed E-state index contributed by atoms with van der Waals surface area (Å²) in [6.45, 7) is 1.57. The molecular weight excluding hydrogens is 435 g/mol. The Morgan fingerprint density at radius 3 is 2.35 bits per heavy atom. The van der Waals surface area contributed by atoms with Gasteiger partial charge in [-0.15, -0.1) is 0 Å². The van der Waals surface area contributed by atoms with Crippen LogP contribution in [-0.4, -0.2) is 45.2 Å². The number of nitro benzene ring substituents is 1. The summed E-state index contributed by atoms with van der Waals surface area (Å²) >= 11 is 0. The average molecular weight is 454 g/mol. The zero-order valence-corrected chi connectivity index (χ0v) is 17.6. The Bertz CT molecular complexity index is 1130. The Balaban J connectivity index is 2.66. The first kappa shape index (κ1) is 23.7. The molecule has 2 rings (SSSR count). The first-order valence-electron chi connectivity index (χ1n) is 8.85. The van der Waals surface area contributed by atoms with Gasteiger partial charge in [-0.1, -0.05) is 6.92 Å². The zero-order valence-electron chi connectivity index (χ0n) is 16.8. The van der Waals surface area contributed by atoms with E-state index in [0.29, 0.717) is 4.31 Å². The molecule has 2 aromatic rings. The summed E-state index contributed by atoms with van der Waals surface area (Å²) in [5.74, 6) is -3.66. The molecule has 0 atom stereocenters. The lowest BCUT2D eigenvalue weighted by molar-refractivity contribution is -0.385. The van der Waals surface area contributed by atoms with Gasteiger partial charge < -0.3 is 9.47 Å². The maximum Gasteiger partial charge on any atom is 0.344 e. The molecule has 0 radical (unpaired) electrons. The number of nitrogens with zero attached hydrogens (tertiary/aromatic N) is 2. The molecule has 0 bridgehead atoms. The molecule has 0 aliphatic heterocycles. The van der Waals surface area contributed by atoms with Crippen LogP contribution in [0.2, 0.25) is 0 Å². The number of esters is 1. The summed E-state index contributed by atoms with van der Waals surface area (Å²) in [7, 11) is -2.01. The van der Waals surface area contributed by atoms with Crippen molar-refractivity contribution in [2.45, 2.75) is 13.3 Å². The highest BCUT2D eigenvalue weighted by molar-refractivity contribution is 7.93. The molecule has 0 aromatic heterocycles. The minimum atomic E-state index is -4.26. The van der Waals surface area contributed by atoms with E-state index in [0.717, 1.165) is 37.4 Å². The molecule has 0 heterocycles. The van der Waals surface area contributed by atoms with E-state index in [9.17, 15) is 32.5 Å². The van der Waals surface area contributed by atoms with E-state index in [-0.39, 0.29) is 17.9 Å². The van der Waals surface area contributed by atoms with Crippen LogP contribution in [-0.2, 0) is 14.8 Å². The van der Waals surface area contributed by atoms with E-state index in [1.54, 1.807) is 6.92 Å². The molecule has 0 saturated heterocycles. The highest BCUT2D eigenvalue weighted by Crippen LogP contribution is 2.29. The summed E-state index contributed by atoms with van der Waals surface area (Å²) < 4.78 is 49.4. The quantitative estimate of drug-likeness (QED) is 0.338. The van der Waals surface area contributed by atoms with Gasteiger partial charge in [0, 0.05) is 17.7 Å². The number of anilines is 1. The molecule has 0 fully saturated rings. The lowest BCUT2D eigenvalue weighted by Crippen LogP contribution is -2.38. The number of ether oxygens (including phenoxy) is 2. The summed E-state index contributed by atoms with van der Waals surface area (Å²) in [5.41, 5.74) is -1.86. The molecule has 2 aromatic carbocycles. The molecule has 12 heteroatoms. The minimum absolute atomic E-state index is 0.159. The van der Waals surface area contributed by atoms with Crippen LogP contribution in [0, 0.1) is 15.9 Å². The van der Waals surface area contributed by atoms with Crippen molar-refractivity contribution in [3.8, 4) is 5.75 Å². The molecule has 0 aliphatic carbocycles. The highest BCUT2D eigenvalue weighted by atomic mass is 32.2. The molecule has 0 aliphatic rings. The molecule has 0 saturated carbocycles. The molecular formula is C19H19FN2O8S. The molecule has 1 amide bonds. The van der Waals surface area contributed by atoms with E-state index in [1.807, 2.05) is 0 Å². The van der Waals surface area contributed by atoms with E-state index in [2.05, 4.69) is 4.74 Å². The standard InChI is InChI=1S/C19H19FN2O8S/c1-4-9-31(27,28)21(13-6-8-17(29-2)15(20)11-13)18(23)12-5-7-14(19(24)30-3)16(10-12)22(25)26/h5-8,10-11H,4,9H2,1-3H3. The number of hydrogen-bond donors (Lipinski definition) is 0. The Labute approximate surface area is 177 Å². The third kappa shape index (κ3) is 4.97. The van der Waals surface area contributed by atoms with Crippen LogP contribution >= 0.6 is 0 Å². The van der Waals surface area contributed by atoms with Crippen LogP contribution in [0.1, 0.15) is 34.1 Å². The number of benzene rings is 2. The fourth-order valence-corrected chi connectivity index (χ4v) is 4.24. The fraction of sp³-hybridized carbons (Fsp3) is 0.263. The number of carbonyl (C=O) groups excluding carboxylic acids is 2. The van der Waals surface area contributed by atoms with Gasteiger partial charge >= 0.3 is 5.97 Å². The summed E-state index contributed by atoms with van der Waals surface area (Å²) in [6.07, 6.45) is 0.159. The van der Waals surface area contributed by atoms with Gasteiger partial charge in [0.05, 0.1) is 30.6 Å². The van der Waals surface area contributed by atoms with Crippen molar-refractivity contribution in [2.75, 3.05) is 24.3 Å². The molecule has 31 heavy (non-hydrogen) atoms. The molecule has 0 unspecified atom stereocenters. The second-order valence-corrected chi connectivity index (χ2v) is 8.12. The van der Waals surface area contributed by atoms with Gasteiger partial charge in [0.2, 0.25) is 10.0 Å². The van der Waals surface area contributed by atoms with E-state index in [4.69, 9.17) is 4.74 Å². The van der Waals surface area contributed by atoms with Crippen molar-refractivity contribution in [1.82, 2.24) is 0 Å². The van der Waals surface area contributed by atoms with Crippen molar-refractivity contribution in [2.24, 2.45) is 0 Å². The smallest absolute Gasteiger partial charge is 0.344 e. The van der Waals surface area contributed by atoms with Gasteiger partial charge in [0.15, 0.2) is 11.6 Å². The van der Waals surface area contributed by atoms with Gasteiger partial charge in [-0.3, -0.25) is 14.9 Å². The van der Waals surface area contributed by atoms with Gasteiger partial charge in [-0.25, -0.2) is 21.9 Å². The summed E-state index contributed by atoms with van der Waals surface area (Å²) in [4.78, 5) is 35.3. The number of sulfonamides is 1. The van der Waals surface area contributed by atoms with E-state index in [1.165, 1.54) is 13.2 Å². The second kappa shape index (κ2) is 9.51. The number of halogens is 1. The van der Waals surface area contributed by atoms with Gasteiger partial charge in [-0.05, 0) is 30.7 Å². The molecule has 166 valence electrons. The minimum Gasteiger partial charge on any atom is -0.494 e. The van der Waals surface area contributed by atoms with Crippen LogP contribution in [0.15, 0.2) is 36.4 Å². The first-order chi connectivity index (χ1) is 14.6. The normalized spacial score (nSPS) is 11.0. The van der Waals surface area contributed by atoms with Crippen LogP contribution in [0.25, 0.3) is 0 Å². The third-order valence-corrected chi connectivity index (χ3v) is 6.00. The summed E-state index contributed by atoms with van der Waals surface area (Å²) in [6, 6.07) is 5.93. The summed E-state index contributed by atoms with van der Waals surface area (Å²) in [5, 5.41) is 11.4. The van der Waals surface area contributed by atoms with Crippen LogP contribution < -0.4 is 9.04 Å². The topological polar surface area (TPSA) is 133 Å². The van der Waals surface area contributed by atoms with Gasteiger partial charge in [-0.2, -0.15) is 0 Å². The fourth-order valence-electron chi connectivity index (χ4n) is 2.75. The Kier molecular flexibility index (Phi) is 7.28. The first-order valence-corrected chi connectivity index (χ1v) is 10.5. The van der Waals surface area contributed by atoms with Crippen LogP contribution in [0.4, 0.5) is 15.8 Å². The predicted molar refractivity (Wildman–Crippen MR) is 108 cm³/mol. The van der Waals surface area contributed by atoms with Gasteiger partial charge in [0.1, 0.15) is 5.56 Å². The molecule has 10 nitrogen and oxygen atoms in total. The van der Waals surface area contributed by atoms with Crippen molar-refractivity contribution in [3.63, 3.8) is 0 Å². The van der Waals surface area contributed by atoms with Crippen LogP contribution in [0.3, 0.4) is 0 Å². The number of amides is 1. The average Bonchev–Trinajstić information content (AvgIpc) is 2.72. The Hall–Kier alpha value is -3.54. The maximum atomic E-state index is 14.2. The lowest BCUT2D eigenvalue weighted by Gasteiger charge is -2.23. The monoisotopic (exact) mass is 454 g/mol. The molecule has 0 spiro atoms. The third-order valence-electron chi connectivity index (χ3n) is 4.14. The lowest BCUT2D eigenvalue weighted by atomic mass is 10.1. The van der Waals surface area contributed by atoms with Crippen molar-refractivity contribution in [3.05, 3.63) is 63.5 Å². The second-order valence-electron chi connectivity index (χ2n) is 6.19. The van der Waals surface area contributed by atoms with Crippen molar-refractivity contribution < 1.29 is 36.8 Å². The largest absolute Gasteiger partial charge is 0.494 e. The zero-order chi connectivity index (χ0) is 23.3. The Morgan fingerprint density at radius 1 is 1.16 bits per heavy atom. The number of carbonyl (C=O) groups is 2. The van der Waals surface area contributed by atoms with E-state index < -0.39 is 55.2 Å². The number of rotatable bonds is 8. The van der Waals surface area contributed by atoms with Gasteiger partial charge in [0.25, 0.3) is 11.6 Å². The van der Waals surface area contributed by atoms with Crippen molar-refractivity contribution in [1.29, 1.82) is 0 Å².